The summed E-state index contributed by atoms with van der Waals surface area (Å²) in [6.45, 7) is 2.09. The van der Waals surface area contributed by atoms with Gasteiger partial charge in [-0.15, -0.1) is 0 Å². The molecule has 1 N–H and O–H groups in total. The Balaban J connectivity index is 2.22. The lowest BCUT2D eigenvalue weighted by Crippen LogP contribution is -2.29. The van der Waals surface area contributed by atoms with E-state index in [1.807, 2.05) is 0 Å². The van der Waals surface area contributed by atoms with Gasteiger partial charge in [0.15, 0.2) is 0 Å². The average molecular weight is 320 g/mol. The molecule has 0 fully saturated rings. The fourth-order valence-electron chi connectivity index (χ4n) is 2.81. The van der Waals surface area contributed by atoms with Crippen molar-refractivity contribution in [1.82, 2.24) is 19.1 Å². The molecule has 2 aromatic heterocycles. The van der Waals surface area contributed by atoms with Gasteiger partial charge in [-0.3, -0.25) is 14.4 Å². The molecule has 0 aromatic carbocycles. The average Bonchev–Trinajstić information content (AvgIpc) is 3.02. The standard InChI is InChI=1S/C14H16N4O5/c1-8-5-10-17(7-11(19)20)12-9(13(21)18(10)15-8)6-16(14(12)22)3-4-23-2/h5H,3-4,6-7H2,1-2H3,(H,19,20). The largest absolute Gasteiger partial charge is 0.480 e. The van der Waals surface area contributed by atoms with Gasteiger partial charge in [0.2, 0.25) is 0 Å². The van der Waals surface area contributed by atoms with Crippen LogP contribution in [0.3, 0.4) is 0 Å². The van der Waals surface area contributed by atoms with Crippen molar-refractivity contribution in [1.29, 1.82) is 0 Å². The second-order valence-corrected chi connectivity index (χ2v) is 5.39. The third-order valence-electron chi connectivity index (χ3n) is 3.79. The highest BCUT2D eigenvalue weighted by Gasteiger charge is 2.34. The minimum absolute atomic E-state index is 0.126. The Labute approximate surface area is 130 Å². The molecule has 0 spiro atoms. The fraction of sp³-hybridized carbons (Fsp3) is 0.429. The maximum absolute atomic E-state index is 12.6. The molecule has 0 aliphatic carbocycles. The van der Waals surface area contributed by atoms with Crippen LogP contribution in [0, 0.1) is 6.92 Å². The molecule has 0 radical (unpaired) electrons. The van der Waals surface area contributed by atoms with Gasteiger partial charge in [-0.2, -0.15) is 9.61 Å². The zero-order valence-electron chi connectivity index (χ0n) is 12.8. The van der Waals surface area contributed by atoms with Crippen LogP contribution in [-0.4, -0.2) is 56.3 Å². The number of carbonyl (C=O) groups is 2. The van der Waals surface area contributed by atoms with Crippen molar-refractivity contribution >= 4 is 17.5 Å². The van der Waals surface area contributed by atoms with Crippen molar-refractivity contribution in [2.45, 2.75) is 20.0 Å². The van der Waals surface area contributed by atoms with Crippen LogP contribution < -0.4 is 5.56 Å². The fourth-order valence-corrected chi connectivity index (χ4v) is 2.81. The monoisotopic (exact) mass is 320 g/mol. The predicted octanol–water partition coefficient (Wildman–Crippen LogP) is -0.509. The number of aliphatic carboxylic acids is 1. The van der Waals surface area contributed by atoms with Crippen LogP contribution in [0.4, 0.5) is 0 Å². The number of ether oxygens (including phenoxy) is 1. The van der Waals surface area contributed by atoms with Crippen LogP contribution in [0.25, 0.3) is 5.65 Å². The molecule has 1 amide bonds. The molecule has 3 heterocycles. The molecule has 0 atom stereocenters. The van der Waals surface area contributed by atoms with Gasteiger partial charge >= 0.3 is 5.97 Å². The van der Waals surface area contributed by atoms with Crippen molar-refractivity contribution in [3.05, 3.63) is 33.4 Å². The molecule has 3 rings (SSSR count). The number of methoxy groups -OCH3 is 1. The van der Waals surface area contributed by atoms with Crippen LogP contribution in [0.2, 0.25) is 0 Å². The quantitative estimate of drug-likeness (QED) is 0.795. The lowest BCUT2D eigenvalue weighted by molar-refractivity contribution is -0.137. The molecule has 122 valence electrons. The molecule has 1 aliphatic rings. The minimum atomic E-state index is -1.10. The summed E-state index contributed by atoms with van der Waals surface area (Å²) in [6, 6.07) is 1.59. The van der Waals surface area contributed by atoms with Gasteiger partial charge in [-0.1, -0.05) is 0 Å². The molecule has 0 saturated carbocycles. The Bertz CT molecular complexity index is 866. The van der Waals surface area contributed by atoms with Gasteiger partial charge in [0.05, 0.1) is 24.4 Å². The molecule has 2 aromatic rings. The Hall–Kier alpha value is -2.68. The SMILES string of the molecule is COCCN1Cc2c(n(CC(=O)O)c3cc(C)nn3c2=O)C1=O. The first-order chi connectivity index (χ1) is 10.9. The lowest BCUT2D eigenvalue weighted by atomic mass is 10.2. The van der Waals surface area contributed by atoms with E-state index >= 15 is 0 Å². The third kappa shape index (κ3) is 2.38. The van der Waals surface area contributed by atoms with E-state index in [2.05, 4.69) is 5.10 Å². The van der Waals surface area contributed by atoms with E-state index in [9.17, 15) is 14.4 Å². The number of fused-ring (bicyclic) bond motifs is 2. The maximum atomic E-state index is 12.6. The van der Waals surface area contributed by atoms with Gasteiger partial charge in [0, 0.05) is 19.7 Å². The van der Waals surface area contributed by atoms with Gasteiger partial charge in [-0.05, 0) is 6.92 Å². The van der Waals surface area contributed by atoms with Crippen molar-refractivity contribution in [3.8, 4) is 0 Å². The second-order valence-electron chi connectivity index (χ2n) is 5.39. The number of amides is 1. The first kappa shape index (κ1) is 15.2. The van der Waals surface area contributed by atoms with E-state index in [0.29, 0.717) is 24.5 Å². The molecule has 9 nitrogen and oxygen atoms in total. The number of carboxylic acid groups (broad SMARTS) is 1. The molecule has 0 bridgehead atoms. The molecule has 9 heteroatoms. The van der Waals surface area contributed by atoms with E-state index in [4.69, 9.17) is 9.84 Å². The van der Waals surface area contributed by atoms with Gasteiger partial charge in [-0.25, -0.2) is 0 Å². The maximum Gasteiger partial charge on any atom is 0.323 e. The van der Waals surface area contributed by atoms with Gasteiger partial charge in [0.25, 0.3) is 11.5 Å². The number of carboxylic acids is 1. The highest BCUT2D eigenvalue weighted by molar-refractivity contribution is 5.97. The Morgan fingerprint density at radius 3 is 2.83 bits per heavy atom. The number of aromatic nitrogens is 3. The molecule has 1 aliphatic heterocycles. The van der Waals surface area contributed by atoms with E-state index in [1.54, 1.807) is 13.0 Å². The van der Waals surface area contributed by atoms with E-state index in [1.165, 1.54) is 16.6 Å². The molecule has 0 saturated heterocycles. The predicted molar refractivity (Wildman–Crippen MR) is 78.4 cm³/mol. The minimum Gasteiger partial charge on any atom is -0.480 e. The summed E-state index contributed by atoms with van der Waals surface area (Å²) in [6.07, 6.45) is 0. The van der Waals surface area contributed by atoms with Gasteiger partial charge < -0.3 is 19.3 Å². The summed E-state index contributed by atoms with van der Waals surface area (Å²) in [5.74, 6) is -1.46. The van der Waals surface area contributed by atoms with Crippen molar-refractivity contribution < 1.29 is 19.4 Å². The number of rotatable bonds is 5. The molecular formula is C14H16N4O5. The Morgan fingerprint density at radius 1 is 1.43 bits per heavy atom. The molecular weight excluding hydrogens is 304 g/mol. The summed E-state index contributed by atoms with van der Waals surface area (Å²) in [4.78, 5) is 37.8. The summed E-state index contributed by atoms with van der Waals surface area (Å²) in [5, 5.41) is 13.3. The Morgan fingerprint density at radius 2 is 2.17 bits per heavy atom. The molecule has 23 heavy (non-hydrogen) atoms. The van der Waals surface area contributed by atoms with E-state index < -0.39 is 18.1 Å². The van der Waals surface area contributed by atoms with Crippen LogP contribution in [0.5, 0.6) is 0 Å². The number of hydrogen-bond donors (Lipinski definition) is 1. The van der Waals surface area contributed by atoms with Crippen LogP contribution in [0.1, 0.15) is 21.7 Å². The zero-order valence-corrected chi connectivity index (χ0v) is 12.8. The van der Waals surface area contributed by atoms with Gasteiger partial charge in [0.1, 0.15) is 17.9 Å². The number of hydrogen-bond acceptors (Lipinski definition) is 5. The smallest absolute Gasteiger partial charge is 0.323 e. The summed E-state index contributed by atoms with van der Waals surface area (Å²) < 4.78 is 7.46. The highest BCUT2D eigenvalue weighted by atomic mass is 16.5. The second kappa shape index (κ2) is 5.51. The van der Waals surface area contributed by atoms with Crippen molar-refractivity contribution in [2.24, 2.45) is 0 Å². The lowest BCUT2D eigenvalue weighted by Gasteiger charge is -2.15. The molecule has 0 unspecified atom stereocenters. The van der Waals surface area contributed by atoms with Crippen LogP contribution in [0.15, 0.2) is 10.9 Å². The number of nitrogens with zero attached hydrogens (tertiary/aromatic N) is 4. The Kier molecular flexibility index (Phi) is 3.64. The summed E-state index contributed by atoms with van der Waals surface area (Å²) in [7, 11) is 1.52. The third-order valence-corrected chi connectivity index (χ3v) is 3.79. The topological polar surface area (TPSA) is 106 Å². The number of aryl methyl sites for hydroxylation is 1. The normalized spacial score (nSPS) is 13.8. The van der Waals surface area contributed by atoms with E-state index in [-0.39, 0.29) is 23.7 Å². The van der Waals surface area contributed by atoms with Crippen LogP contribution in [-0.2, 0) is 22.6 Å². The highest BCUT2D eigenvalue weighted by Crippen LogP contribution is 2.22. The first-order valence-corrected chi connectivity index (χ1v) is 7.06. The van der Waals surface area contributed by atoms with Crippen LogP contribution >= 0.6 is 0 Å². The van der Waals surface area contributed by atoms with E-state index in [0.717, 1.165) is 4.52 Å². The summed E-state index contributed by atoms with van der Waals surface area (Å²) >= 11 is 0. The zero-order chi connectivity index (χ0) is 16.7. The van der Waals surface area contributed by atoms with Crippen molar-refractivity contribution in [2.75, 3.05) is 20.3 Å². The first-order valence-electron chi connectivity index (χ1n) is 7.06. The van der Waals surface area contributed by atoms with Crippen molar-refractivity contribution in [3.63, 3.8) is 0 Å². The summed E-state index contributed by atoms with van der Waals surface area (Å²) in [5.41, 5.74) is 0.881. The number of carbonyl (C=O) groups excluding carboxylic acids is 1.